The number of hydrogen-bond acceptors (Lipinski definition) is 6. The Kier molecular flexibility index (Phi) is 4.39. The van der Waals surface area contributed by atoms with Gasteiger partial charge in [-0.2, -0.15) is 9.97 Å². The van der Waals surface area contributed by atoms with Crippen molar-refractivity contribution in [1.29, 1.82) is 0 Å². The van der Waals surface area contributed by atoms with E-state index in [1.807, 2.05) is 36.1 Å². The number of oxazole rings is 1. The first-order valence-corrected chi connectivity index (χ1v) is 8.94. The van der Waals surface area contributed by atoms with E-state index < -0.39 is 0 Å². The Morgan fingerprint density at radius 1 is 1.11 bits per heavy atom. The molecule has 0 N–H and O–H groups in total. The first-order chi connectivity index (χ1) is 13.0. The second-order valence-corrected chi connectivity index (χ2v) is 6.74. The molecule has 8 nitrogen and oxygen atoms in total. The maximum Gasteiger partial charge on any atom is 0.348 e. The lowest BCUT2D eigenvalue weighted by molar-refractivity contribution is -0.132. The topological polar surface area (TPSA) is 84.5 Å². The normalized spacial score (nSPS) is 14.7. The summed E-state index contributed by atoms with van der Waals surface area (Å²) in [4.78, 5) is 36.9. The van der Waals surface area contributed by atoms with Crippen molar-refractivity contribution in [3.63, 3.8) is 0 Å². The highest BCUT2D eigenvalue weighted by molar-refractivity contribution is 5.77. The van der Waals surface area contributed by atoms with Gasteiger partial charge in [-0.25, -0.2) is 4.79 Å². The summed E-state index contributed by atoms with van der Waals surface area (Å²) >= 11 is 0. The third kappa shape index (κ3) is 3.42. The number of rotatable bonds is 3. The lowest BCUT2D eigenvalue weighted by atomic mass is 10.3. The van der Waals surface area contributed by atoms with Crippen molar-refractivity contribution < 1.29 is 9.21 Å². The van der Waals surface area contributed by atoms with Gasteiger partial charge < -0.3 is 14.2 Å². The SMILES string of the molecule is Cc1cc(C)n(CC(=O)N2CCN(c3nc4ccccc4o3)CC2)c(=O)n1. The Labute approximate surface area is 156 Å². The van der Waals surface area contributed by atoms with Gasteiger partial charge in [-0.05, 0) is 32.0 Å². The predicted octanol–water partition coefficient (Wildman–Crippen LogP) is 1.35. The summed E-state index contributed by atoms with van der Waals surface area (Å²) in [6.07, 6.45) is 0. The summed E-state index contributed by atoms with van der Waals surface area (Å²) in [5.74, 6) is -0.0805. The second-order valence-electron chi connectivity index (χ2n) is 6.74. The van der Waals surface area contributed by atoms with Gasteiger partial charge in [0, 0.05) is 37.6 Å². The lowest BCUT2D eigenvalue weighted by Crippen LogP contribution is -2.50. The number of carbonyl (C=O) groups is 1. The molecule has 0 unspecified atom stereocenters. The monoisotopic (exact) mass is 367 g/mol. The van der Waals surface area contributed by atoms with Gasteiger partial charge in [0.15, 0.2) is 5.58 Å². The molecule has 2 aromatic heterocycles. The summed E-state index contributed by atoms with van der Waals surface area (Å²) in [5, 5.41) is 0. The molecule has 1 aliphatic rings. The van der Waals surface area contributed by atoms with E-state index in [1.54, 1.807) is 17.9 Å². The summed E-state index contributed by atoms with van der Waals surface area (Å²) in [5.41, 5.74) is 2.60. The zero-order valence-corrected chi connectivity index (χ0v) is 15.4. The molecule has 1 aromatic carbocycles. The Morgan fingerprint density at radius 2 is 1.85 bits per heavy atom. The van der Waals surface area contributed by atoms with E-state index in [9.17, 15) is 9.59 Å². The number of carbonyl (C=O) groups excluding carboxylic acids is 1. The van der Waals surface area contributed by atoms with E-state index in [2.05, 4.69) is 9.97 Å². The number of para-hydroxylation sites is 2. The van der Waals surface area contributed by atoms with Gasteiger partial charge in [0.25, 0.3) is 6.01 Å². The van der Waals surface area contributed by atoms with Crippen LogP contribution in [0.4, 0.5) is 6.01 Å². The minimum absolute atomic E-state index is 0.0147. The van der Waals surface area contributed by atoms with Gasteiger partial charge in [0.1, 0.15) is 12.1 Å². The molecule has 1 amide bonds. The molecule has 1 aliphatic heterocycles. The Balaban J connectivity index is 1.41. The molecule has 1 fully saturated rings. The number of aromatic nitrogens is 3. The van der Waals surface area contributed by atoms with Crippen LogP contribution in [0.3, 0.4) is 0 Å². The highest BCUT2D eigenvalue weighted by Gasteiger charge is 2.24. The van der Waals surface area contributed by atoms with Gasteiger partial charge in [0.2, 0.25) is 5.91 Å². The molecule has 3 aromatic rings. The van der Waals surface area contributed by atoms with Crippen LogP contribution in [0.15, 0.2) is 39.5 Å². The van der Waals surface area contributed by atoms with Crippen LogP contribution >= 0.6 is 0 Å². The molecule has 140 valence electrons. The smallest absolute Gasteiger partial charge is 0.348 e. The molecule has 0 spiro atoms. The fraction of sp³-hybridized carbons (Fsp3) is 0.368. The molecular weight excluding hydrogens is 346 g/mol. The van der Waals surface area contributed by atoms with Crippen molar-refractivity contribution >= 4 is 23.0 Å². The first kappa shape index (κ1) is 17.3. The van der Waals surface area contributed by atoms with Gasteiger partial charge in [-0.15, -0.1) is 0 Å². The van der Waals surface area contributed by atoms with E-state index in [4.69, 9.17) is 4.42 Å². The average molecular weight is 367 g/mol. The van der Waals surface area contributed by atoms with Crippen LogP contribution in [0, 0.1) is 13.8 Å². The molecule has 27 heavy (non-hydrogen) atoms. The Morgan fingerprint density at radius 3 is 2.56 bits per heavy atom. The standard InChI is InChI=1S/C19H21N5O3/c1-13-11-14(2)24(18(26)20-13)12-17(25)22-7-9-23(10-8-22)19-21-15-5-3-4-6-16(15)27-19/h3-6,11H,7-10,12H2,1-2H3. The van der Waals surface area contributed by atoms with Crippen LogP contribution in [0.2, 0.25) is 0 Å². The largest absolute Gasteiger partial charge is 0.423 e. The Hall–Kier alpha value is -3.16. The average Bonchev–Trinajstić information content (AvgIpc) is 3.09. The van der Waals surface area contributed by atoms with Crippen molar-refractivity contribution in [1.82, 2.24) is 19.4 Å². The maximum atomic E-state index is 12.6. The van der Waals surface area contributed by atoms with Crippen molar-refractivity contribution in [2.45, 2.75) is 20.4 Å². The zero-order valence-electron chi connectivity index (χ0n) is 15.4. The molecule has 0 radical (unpaired) electrons. The number of piperazine rings is 1. The third-order valence-corrected chi connectivity index (χ3v) is 4.83. The molecule has 8 heteroatoms. The quantitative estimate of drug-likeness (QED) is 0.695. The number of aryl methyl sites for hydroxylation is 2. The van der Waals surface area contributed by atoms with Crippen molar-refractivity contribution in [2.24, 2.45) is 0 Å². The van der Waals surface area contributed by atoms with E-state index in [0.29, 0.717) is 37.9 Å². The molecule has 0 bridgehead atoms. The third-order valence-electron chi connectivity index (χ3n) is 4.83. The van der Waals surface area contributed by atoms with Crippen molar-refractivity contribution in [3.05, 3.63) is 52.2 Å². The number of nitrogens with zero attached hydrogens (tertiary/aromatic N) is 5. The molecule has 4 rings (SSSR count). The maximum absolute atomic E-state index is 12.6. The van der Waals surface area contributed by atoms with Crippen LogP contribution in [-0.2, 0) is 11.3 Å². The molecule has 0 aliphatic carbocycles. The van der Waals surface area contributed by atoms with Crippen LogP contribution in [-0.4, -0.2) is 51.5 Å². The van der Waals surface area contributed by atoms with Crippen molar-refractivity contribution in [3.8, 4) is 0 Å². The number of anilines is 1. The van der Waals surface area contributed by atoms with Gasteiger partial charge >= 0.3 is 5.69 Å². The summed E-state index contributed by atoms with van der Waals surface area (Å²) in [7, 11) is 0. The first-order valence-electron chi connectivity index (χ1n) is 8.94. The summed E-state index contributed by atoms with van der Waals surface area (Å²) < 4.78 is 7.22. The van der Waals surface area contributed by atoms with E-state index in [1.165, 1.54) is 4.57 Å². The van der Waals surface area contributed by atoms with Gasteiger partial charge in [0.05, 0.1) is 0 Å². The molecular formula is C19H21N5O3. The number of amides is 1. The van der Waals surface area contributed by atoms with E-state index in [0.717, 1.165) is 16.8 Å². The minimum Gasteiger partial charge on any atom is -0.423 e. The van der Waals surface area contributed by atoms with E-state index >= 15 is 0 Å². The number of hydrogen-bond donors (Lipinski definition) is 0. The minimum atomic E-state index is -0.383. The molecule has 3 heterocycles. The van der Waals surface area contributed by atoms with E-state index in [-0.39, 0.29) is 18.1 Å². The van der Waals surface area contributed by atoms with Crippen LogP contribution in [0.25, 0.3) is 11.1 Å². The predicted molar refractivity (Wildman–Crippen MR) is 101 cm³/mol. The van der Waals surface area contributed by atoms with Gasteiger partial charge in [-0.1, -0.05) is 12.1 Å². The fourth-order valence-electron chi connectivity index (χ4n) is 3.34. The molecule has 0 saturated carbocycles. The summed E-state index contributed by atoms with van der Waals surface area (Å²) in [6.45, 7) is 5.99. The van der Waals surface area contributed by atoms with Crippen LogP contribution in [0.1, 0.15) is 11.4 Å². The molecule has 1 saturated heterocycles. The lowest BCUT2D eigenvalue weighted by Gasteiger charge is -2.34. The van der Waals surface area contributed by atoms with Crippen LogP contribution in [0.5, 0.6) is 0 Å². The summed E-state index contributed by atoms with van der Waals surface area (Å²) in [6, 6.07) is 10.0. The fourth-order valence-corrected chi connectivity index (χ4v) is 3.34. The zero-order chi connectivity index (χ0) is 19.0. The highest BCUT2D eigenvalue weighted by Crippen LogP contribution is 2.22. The van der Waals surface area contributed by atoms with Gasteiger partial charge in [-0.3, -0.25) is 9.36 Å². The molecule has 0 atom stereocenters. The van der Waals surface area contributed by atoms with Crippen molar-refractivity contribution in [2.75, 3.05) is 31.1 Å². The van der Waals surface area contributed by atoms with Crippen LogP contribution < -0.4 is 10.6 Å². The Bertz CT molecular complexity index is 1010. The highest BCUT2D eigenvalue weighted by atomic mass is 16.4. The number of benzene rings is 1. The second kappa shape index (κ2) is 6.86. The number of fused-ring (bicyclic) bond motifs is 1.